The van der Waals surface area contributed by atoms with Crippen LogP contribution in [0.15, 0.2) is 5.38 Å². The van der Waals surface area contributed by atoms with Gasteiger partial charge in [-0.15, -0.1) is 11.3 Å². The monoisotopic (exact) mass is 335 g/mol. The highest BCUT2D eigenvalue weighted by Gasteiger charge is 2.17. The fourth-order valence-corrected chi connectivity index (χ4v) is 3.37. The number of rotatable bonds is 5. The average molecular weight is 335 g/mol. The van der Waals surface area contributed by atoms with E-state index in [-0.39, 0.29) is 18.1 Å². The Morgan fingerprint density at radius 3 is 2.52 bits per heavy atom. The molecular weight excluding hydrogens is 310 g/mol. The molecule has 0 saturated carbocycles. The van der Waals surface area contributed by atoms with Crippen molar-refractivity contribution in [2.45, 2.75) is 53.1 Å². The van der Waals surface area contributed by atoms with E-state index in [0.29, 0.717) is 0 Å². The van der Waals surface area contributed by atoms with Crippen LogP contribution in [0.25, 0.3) is 0 Å². The van der Waals surface area contributed by atoms with Gasteiger partial charge in [0.25, 0.3) is 0 Å². The Bertz CT molecular complexity index is 691. The van der Waals surface area contributed by atoms with E-state index in [2.05, 4.69) is 27.6 Å². The third-order valence-corrected chi connectivity index (χ3v) is 5.05. The molecule has 0 aliphatic carbocycles. The first kappa shape index (κ1) is 17.5. The Balaban J connectivity index is 1.89. The van der Waals surface area contributed by atoms with Crippen molar-refractivity contribution in [3.63, 3.8) is 0 Å². The van der Waals surface area contributed by atoms with Crippen molar-refractivity contribution in [3.05, 3.63) is 33.0 Å². The fraction of sp³-hybridized carbons (Fsp3) is 0.562. The van der Waals surface area contributed by atoms with Crippen LogP contribution in [-0.2, 0) is 13.5 Å². The average Bonchev–Trinajstić information content (AvgIpc) is 2.98. The van der Waals surface area contributed by atoms with Gasteiger partial charge in [-0.2, -0.15) is 5.10 Å². The number of amides is 2. The number of thiazole rings is 1. The van der Waals surface area contributed by atoms with E-state index >= 15 is 0 Å². The second-order valence-electron chi connectivity index (χ2n) is 6.04. The smallest absolute Gasteiger partial charge is 0.315 e. The molecule has 2 aromatic heterocycles. The molecule has 2 rings (SSSR count). The number of hydrogen-bond donors (Lipinski definition) is 2. The number of aryl methyl sites for hydroxylation is 3. The van der Waals surface area contributed by atoms with E-state index in [9.17, 15) is 4.79 Å². The lowest BCUT2D eigenvalue weighted by Crippen LogP contribution is -2.42. The maximum atomic E-state index is 12.1. The van der Waals surface area contributed by atoms with Crippen LogP contribution in [0, 0.1) is 20.8 Å². The number of aromatic nitrogens is 3. The van der Waals surface area contributed by atoms with Gasteiger partial charge in [0.05, 0.1) is 11.7 Å². The summed E-state index contributed by atoms with van der Waals surface area (Å²) in [4.78, 5) is 16.5. The molecule has 0 saturated heterocycles. The fourth-order valence-electron chi connectivity index (χ4n) is 2.56. The first-order valence-electron chi connectivity index (χ1n) is 7.76. The third kappa shape index (κ3) is 4.31. The summed E-state index contributed by atoms with van der Waals surface area (Å²) in [7, 11) is 1.94. The lowest BCUT2D eigenvalue weighted by Gasteiger charge is -2.17. The number of hydrogen-bond acceptors (Lipinski definition) is 4. The SMILES string of the molecule is Cc1csc(C(C)NC(=O)NC(C)Cc2c(C)nn(C)c2C)n1. The molecule has 2 aromatic rings. The quantitative estimate of drug-likeness (QED) is 0.882. The lowest BCUT2D eigenvalue weighted by molar-refractivity contribution is 0.234. The molecule has 0 spiro atoms. The van der Waals surface area contributed by atoms with Gasteiger partial charge in [-0.25, -0.2) is 9.78 Å². The van der Waals surface area contributed by atoms with E-state index in [1.165, 1.54) is 5.56 Å². The molecule has 0 fully saturated rings. The summed E-state index contributed by atoms with van der Waals surface area (Å²) in [5.41, 5.74) is 4.34. The zero-order valence-electron chi connectivity index (χ0n) is 14.6. The van der Waals surface area contributed by atoms with Crippen LogP contribution in [0.5, 0.6) is 0 Å². The molecule has 2 amide bonds. The Morgan fingerprint density at radius 2 is 2.00 bits per heavy atom. The number of carbonyl (C=O) groups excluding carboxylic acids is 1. The topological polar surface area (TPSA) is 71.8 Å². The van der Waals surface area contributed by atoms with Crippen molar-refractivity contribution in [3.8, 4) is 0 Å². The molecule has 2 N–H and O–H groups in total. The summed E-state index contributed by atoms with van der Waals surface area (Å²) < 4.78 is 1.88. The van der Waals surface area contributed by atoms with Gasteiger partial charge in [0.2, 0.25) is 0 Å². The summed E-state index contributed by atoms with van der Waals surface area (Å²) in [5, 5.41) is 13.3. The van der Waals surface area contributed by atoms with Gasteiger partial charge in [-0.3, -0.25) is 4.68 Å². The summed E-state index contributed by atoms with van der Waals surface area (Å²) >= 11 is 1.56. The van der Waals surface area contributed by atoms with Gasteiger partial charge < -0.3 is 10.6 Å². The number of nitrogens with zero attached hydrogens (tertiary/aromatic N) is 3. The van der Waals surface area contributed by atoms with Gasteiger partial charge in [0.15, 0.2) is 0 Å². The van der Waals surface area contributed by atoms with Crippen molar-refractivity contribution in [1.82, 2.24) is 25.4 Å². The molecule has 0 aliphatic rings. The van der Waals surface area contributed by atoms with Gasteiger partial charge in [-0.05, 0) is 46.6 Å². The minimum absolute atomic E-state index is 0.0295. The Kier molecular flexibility index (Phi) is 5.41. The molecule has 126 valence electrons. The second kappa shape index (κ2) is 7.12. The maximum Gasteiger partial charge on any atom is 0.315 e. The first-order chi connectivity index (χ1) is 10.8. The van der Waals surface area contributed by atoms with Crippen molar-refractivity contribution in [2.24, 2.45) is 7.05 Å². The predicted molar refractivity (Wildman–Crippen MR) is 92.8 cm³/mol. The highest BCUT2D eigenvalue weighted by Crippen LogP contribution is 2.17. The van der Waals surface area contributed by atoms with Crippen LogP contribution >= 0.6 is 11.3 Å². The molecule has 2 unspecified atom stereocenters. The highest BCUT2D eigenvalue weighted by molar-refractivity contribution is 7.09. The summed E-state index contributed by atoms with van der Waals surface area (Å²) in [6.45, 7) is 9.95. The van der Waals surface area contributed by atoms with E-state index in [4.69, 9.17) is 0 Å². The number of carbonyl (C=O) groups is 1. The van der Waals surface area contributed by atoms with Crippen LogP contribution in [0.4, 0.5) is 4.79 Å². The molecule has 2 atom stereocenters. The van der Waals surface area contributed by atoms with Crippen LogP contribution in [0.2, 0.25) is 0 Å². The zero-order chi connectivity index (χ0) is 17.1. The minimum Gasteiger partial charge on any atom is -0.335 e. The Morgan fingerprint density at radius 1 is 1.30 bits per heavy atom. The first-order valence-corrected chi connectivity index (χ1v) is 8.64. The van der Waals surface area contributed by atoms with E-state index in [1.54, 1.807) is 11.3 Å². The minimum atomic E-state index is -0.169. The molecule has 23 heavy (non-hydrogen) atoms. The predicted octanol–water partition coefficient (Wildman–Crippen LogP) is 2.79. The molecular formula is C16H25N5OS. The second-order valence-corrected chi connectivity index (χ2v) is 6.93. The standard InChI is InChI=1S/C16H25N5OS/c1-9(7-14-11(3)20-21(6)13(14)5)18-16(22)19-12(4)15-17-10(2)8-23-15/h8-9,12H,7H2,1-6H3,(H2,18,19,22). The zero-order valence-corrected chi connectivity index (χ0v) is 15.4. The van der Waals surface area contributed by atoms with Gasteiger partial charge in [0, 0.05) is 29.9 Å². The van der Waals surface area contributed by atoms with Gasteiger partial charge in [-0.1, -0.05) is 0 Å². The molecule has 0 radical (unpaired) electrons. The largest absolute Gasteiger partial charge is 0.335 e. The molecule has 0 aliphatic heterocycles. The molecule has 6 nitrogen and oxygen atoms in total. The van der Waals surface area contributed by atoms with Crippen molar-refractivity contribution >= 4 is 17.4 Å². The lowest BCUT2D eigenvalue weighted by atomic mass is 10.1. The Labute approximate surface area is 141 Å². The van der Waals surface area contributed by atoms with Crippen LogP contribution in [-0.4, -0.2) is 26.8 Å². The Hall–Kier alpha value is -1.89. The maximum absolute atomic E-state index is 12.1. The molecule has 2 heterocycles. The van der Waals surface area contributed by atoms with Gasteiger partial charge in [0.1, 0.15) is 5.01 Å². The van der Waals surface area contributed by atoms with Crippen LogP contribution in [0.3, 0.4) is 0 Å². The third-order valence-electron chi connectivity index (χ3n) is 3.90. The molecule has 0 aromatic carbocycles. The van der Waals surface area contributed by atoms with Gasteiger partial charge >= 0.3 is 6.03 Å². The van der Waals surface area contributed by atoms with E-state index in [1.807, 2.05) is 44.8 Å². The normalized spacial score (nSPS) is 13.7. The van der Waals surface area contributed by atoms with Crippen LogP contribution < -0.4 is 10.6 Å². The molecule has 7 heteroatoms. The summed E-state index contributed by atoms with van der Waals surface area (Å²) in [6, 6.07) is -0.235. The highest BCUT2D eigenvalue weighted by atomic mass is 32.1. The van der Waals surface area contributed by atoms with E-state index in [0.717, 1.165) is 28.5 Å². The van der Waals surface area contributed by atoms with E-state index < -0.39 is 0 Å². The van der Waals surface area contributed by atoms with Crippen molar-refractivity contribution in [2.75, 3.05) is 0 Å². The summed E-state index contributed by atoms with van der Waals surface area (Å²) in [6.07, 6.45) is 0.768. The number of urea groups is 1. The molecule has 0 bridgehead atoms. The number of nitrogens with one attached hydrogen (secondary N) is 2. The summed E-state index contributed by atoms with van der Waals surface area (Å²) in [5.74, 6) is 0. The van der Waals surface area contributed by atoms with Crippen LogP contribution in [0.1, 0.15) is 47.5 Å². The van der Waals surface area contributed by atoms with Crippen molar-refractivity contribution in [1.29, 1.82) is 0 Å². The van der Waals surface area contributed by atoms with Crippen molar-refractivity contribution < 1.29 is 4.79 Å².